The Labute approximate surface area is 452 Å². The maximum absolute atomic E-state index is 13.1. The van der Waals surface area contributed by atoms with Crippen molar-refractivity contribution in [3.05, 3.63) is 23.8 Å². The van der Waals surface area contributed by atoms with Crippen LogP contribution in [-0.2, 0) is 52.3 Å². The van der Waals surface area contributed by atoms with Crippen molar-refractivity contribution in [1.82, 2.24) is 0 Å². The molecule has 7 fully saturated rings. The number of hydrogen-bond acceptors (Lipinski definition) is 23. The van der Waals surface area contributed by atoms with Gasteiger partial charge >= 0.3 is 17.9 Å². The Morgan fingerprint density at radius 2 is 1.23 bits per heavy atom. The molecule has 24 nitrogen and oxygen atoms in total. The lowest BCUT2D eigenvalue weighted by Crippen LogP contribution is -2.72. The summed E-state index contributed by atoms with van der Waals surface area (Å²) in [5.41, 5.74) is -4.04. The fourth-order valence-electron chi connectivity index (χ4n) is 16.1. The van der Waals surface area contributed by atoms with Gasteiger partial charge in [-0.1, -0.05) is 59.8 Å². The number of aliphatic hydroxyl groups is 12. The number of rotatable bonds is 14. The fraction of sp³-hybridized carbons (Fsp3) is 0.870. The topological polar surface area (TPSA) is 388 Å². The van der Waals surface area contributed by atoms with Gasteiger partial charge in [-0.25, -0.2) is 9.59 Å². The highest BCUT2D eigenvalue weighted by atomic mass is 16.8. The lowest BCUT2D eigenvalue weighted by Gasteiger charge is -2.72. The minimum absolute atomic E-state index is 0.0879. The molecule has 22 unspecified atom stereocenters. The van der Waals surface area contributed by atoms with Gasteiger partial charge in [0.25, 0.3) is 0 Å². The molecular formula is C54H84O24. The smallest absolute Gasteiger partial charge is 0.335 e. The van der Waals surface area contributed by atoms with E-state index >= 15 is 0 Å². The monoisotopic (exact) mass is 1120 g/mol. The predicted molar refractivity (Wildman–Crippen MR) is 264 cm³/mol. The molecule has 0 aromatic heterocycles. The lowest BCUT2D eigenvalue weighted by molar-refractivity contribution is -0.392. The first kappa shape index (κ1) is 61.2. The van der Waals surface area contributed by atoms with Gasteiger partial charge in [-0.15, -0.1) is 0 Å². The van der Waals surface area contributed by atoms with Crippen LogP contribution >= 0.6 is 0 Å². The number of aliphatic hydroxyl groups excluding tert-OH is 12. The molecule has 0 aromatic rings. The van der Waals surface area contributed by atoms with Gasteiger partial charge in [0, 0.05) is 23.3 Å². The van der Waals surface area contributed by atoms with E-state index in [-0.39, 0.29) is 30.3 Å². The van der Waals surface area contributed by atoms with Crippen molar-refractivity contribution in [3.63, 3.8) is 0 Å². The van der Waals surface area contributed by atoms with Gasteiger partial charge in [0.2, 0.25) is 0 Å². The average molecular weight is 1120 g/mol. The molecule has 8 rings (SSSR count). The third kappa shape index (κ3) is 9.61. The second kappa shape index (κ2) is 22.1. The summed E-state index contributed by atoms with van der Waals surface area (Å²) < 4.78 is 48.0. The van der Waals surface area contributed by atoms with E-state index in [4.69, 9.17) is 37.9 Å². The first-order valence-corrected chi connectivity index (χ1v) is 27.2. The van der Waals surface area contributed by atoms with E-state index in [0.29, 0.717) is 32.1 Å². The lowest BCUT2D eigenvalue weighted by atomic mass is 9.33. The quantitative estimate of drug-likeness (QED) is 0.0399. The number of hydrogen-bond donors (Lipinski definition) is 13. The third-order valence-corrected chi connectivity index (χ3v) is 20.6. The molecule has 24 heteroatoms. The van der Waals surface area contributed by atoms with Crippen LogP contribution in [0.5, 0.6) is 0 Å². The second-order valence-electron chi connectivity index (χ2n) is 25.3. The normalized spacial score (nSPS) is 50.8. The molecule has 78 heavy (non-hydrogen) atoms. The van der Waals surface area contributed by atoms with Gasteiger partial charge in [-0.3, -0.25) is 4.79 Å². The van der Waals surface area contributed by atoms with E-state index in [1.165, 1.54) is 13.8 Å². The number of fused-ring (bicyclic) bond motifs is 7. The number of allylic oxidation sites excluding steroid dienone is 2. The van der Waals surface area contributed by atoms with Crippen molar-refractivity contribution in [1.29, 1.82) is 0 Å². The minimum atomic E-state index is -2.18. The zero-order valence-electron chi connectivity index (χ0n) is 45.6. The Balaban J connectivity index is 1.12. The Morgan fingerprint density at radius 1 is 0.654 bits per heavy atom. The molecule has 0 radical (unpaired) electrons. The predicted octanol–water partition coefficient (Wildman–Crippen LogP) is -1.71. The Kier molecular flexibility index (Phi) is 17.3. The first-order chi connectivity index (χ1) is 36.4. The van der Waals surface area contributed by atoms with Gasteiger partial charge < -0.3 is 104 Å². The summed E-state index contributed by atoms with van der Waals surface area (Å²) in [4.78, 5) is 39.2. The summed E-state index contributed by atoms with van der Waals surface area (Å²) in [5.74, 6) is -4.00. The van der Waals surface area contributed by atoms with Crippen LogP contribution in [0, 0.1) is 50.2 Å². The SMILES string of the molecule is C=C(C)C(=O)OC1[C@H](OC(C)=O)C2(CO)C(CC1(C)C)C1=CCC3C4(C)CCC(OC5OC(C(=O)O)C(OC6OC(CO)C(O)C(O)C6O)C(O)C5OC5OC(CO)C(O)C(O)C5O)[C@](C)(CO)C4CC[C@@]3(C)[C@]1(C)C[C@H]2O. The van der Waals surface area contributed by atoms with Crippen LogP contribution in [0.25, 0.3) is 0 Å². The Bertz CT molecular complexity index is 2260. The van der Waals surface area contributed by atoms with Crippen molar-refractivity contribution < 1.29 is 119 Å². The molecule has 0 aromatic carbocycles. The number of carbonyl (C=O) groups excluding carboxylic acids is 2. The summed E-state index contributed by atoms with van der Waals surface area (Å²) >= 11 is 0. The fourth-order valence-corrected chi connectivity index (χ4v) is 16.1. The average Bonchev–Trinajstić information content (AvgIpc) is 3.46. The minimum Gasteiger partial charge on any atom is -0.479 e. The van der Waals surface area contributed by atoms with Crippen LogP contribution in [-0.4, -0.2) is 227 Å². The molecule has 444 valence electrons. The van der Waals surface area contributed by atoms with Gasteiger partial charge in [-0.2, -0.15) is 0 Å². The number of ether oxygens (including phenoxy) is 8. The summed E-state index contributed by atoms with van der Waals surface area (Å²) in [6.07, 6.45) is -28.2. The van der Waals surface area contributed by atoms with Crippen molar-refractivity contribution in [2.75, 3.05) is 26.4 Å². The van der Waals surface area contributed by atoms with E-state index < -0.39 is 199 Å². The maximum atomic E-state index is 13.1. The third-order valence-electron chi connectivity index (χ3n) is 20.6. The zero-order valence-corrected chi connectivity index (χ0v) is 45.6. The van der Waals surface area contributed by atoms with Crippen molar-refractivity contribution in [2.24, 2.45) is 50.2 Å². The molecule has 4 saturated carbocycles. The van der Waals surface area contributed by atoms with Gasteiger partial charge in [0.05, 0.1) is 44.1 Å². The molecule has 0 spiro atoms. The zero-order chi connectivity index (χ0) is 57.7. The van der Waals surface area contributed by atoms with Gasteiger partial charge in [0.15, 0.2) is 25.0 Å². The van der Waals surface area contributed by atoms with Crippen LogP contribution in [0.3, 0.4) is 0 Å². The van der Waals surface area contributed by atoms with Crippen LogP contribution in [0.4, 0.5) is 0 Å². The summed E-state index contributed by atoms with van der Waals surface area (Å²) in [6.45, 7) is 15.9. The van der Waals surface area contributed by atoms with E-state index in [2.05, 4.69) is 33.4 Å². The Morgan fingerprint density at radius 3 is 1.74 bits per heavy atom. The maximum Gasteiger partial charge on any atom is 0.335 e. The second-order valence-corrected chi connectivity index (χ2v) is 25.3. The molecule has 0 amide bonds. The molecule has 8 aliphatic rings. The molecule has 3 heterocycles. The summed E-state index contributed by atoms with van der Waals surface area (Å²) in [7, 11) is 0. The number of carbonyl (C=O) groups is 3. The molecule has 27 atom stereocenters. The van der Waals surface area contributed by atoms with Gasteiger partial charge in [-0.05, 0) is 85.9 Å². The largest absolute Gasteiger partial charge is 0.479 e. The number of aliphatic carboxylic acids is 1. The molecule has 13 N–H and O–H groups in total. The van der Waals surface area contributed by atoms with Crippen LogP contribution in [0.1, 0.15) is 100 Å². The highest BCUT2D eigenvalue weighted by molar-refractivity contribution is 5.87. The molecule has 3 aliphatic heterocycles. The van der Waals surface area contributed by atoms with E-state index in [0.717, 1.165) is 5.57 Å². The molecule has 3 saturated heterocycles. The van der Waals surface area contributed by atoms with Crippen LogP contribution < -0.4 is 0 Å². The molecular weight excluding hydrogens is 1030 g/mol. The van der Waals surface area contributed by atoms with E-state index in [1.807, 2.05) is 20.8 Å². The molecule has 0 bridgehead atoms. The molecule has 5 aliphatic carbocycles. The number of carboxylic acids is 1. The highest BCUT2D eigenvalue weighted by Gasteiger charge is 2.74. The first-order valence-electron chi connectivity index (χ1n) is 27.2. The standard InChI is InChI=1S/C54H84O24/c1-22(2)45(70)78-42-43(71-23(3)59)54(21-58)25(16-49(42,4)5)24-10-11-29-50(6)14-13-31(51(7,20-57)28(50)12-15-52(29,8)53(24,9)17-30(54)60)74-48-40(76-47-37(66)35(64)33(62)27(19-56)73-47)38(67)39(41(77-48)44(68)69)75-46-36(65)34(63)32(61)26(18-55)72-46/h10,25-43,46-48,55-58,60-67H,1,11-21H2,2-9H3,(H,68,69)/t25?,26?,27?,28?,29?,30-,31?,32?,33?,34?,35?,36?,37?,38?,39?,40?,41?,42?,43+,46?,47?,48?,50?,51-,52-,53-,54?/m1/s1. The van der Waals surface area contributed by atoms with Crippen molar-refractivity contribution >= 4 is 17.9 Å². The van der Waals surface area contributed by atoms with Crippen molar-refractivity contribution in [3.8, 4) is 0 Å². The van der Waals surface area contributed by atoms with Gasteiger partial charge in [0.1, 0.15) is 79.4 Å². The highest BCUT2D eigenvalue weighted by Crippen LogP contribution is 2.76. The van der Waals surface area contributed by atoms with Crippen LogP contribution in [0.15, 0.2) is 23.8 Å². The summed E-state index contributed by atoms with van der Waals surface area (Å²) in [5, 5.41) is 143. The number of carboxylic acid groups (broad SMARTS) is 1. The number of esters is 2. The Hall–Kier alpha value is -2.83. The van der Waals surface area contributed by atoms with Crippen LogP contribution in [0.2, 0.25) is 0 Å². The van der Waals surface area contributed by atoms with E-state index in [9.17, 15) is 80.8 Å². The summed E-state index contributed by atoms with van der Waals surface area (Å²) in [6, 6.07) is 0. The van der Waals surface area contributed by atoms with Crippen molar-refractivity contribution in [2.45, 2.75) is 217 Å². The van der Waals surface area contributed by atoms with E-state index in [1.54, 1.807) is 0 Å².